The predicted octanol–water partition coefficient (Wildman–Crippen LogP) is 7.22. The van der Waals surface area contributed by atoms with Crippen LogP contribution in [0, 0.1) is 27.7 Å². The van der Waals surface area contributed by atoms with E-state index in [1.54, 1.807) is 39.8 Å². The number of ether oxygens (including phenoxy) is 1. The van der Waals surface area contributed by atoms with Gasteiger partial charge in [0.1, 0.15) is 0 Å². The fourth-order valence-electron chi connectivity index (χ4n) is 4.50. The number of carbonyl (C=O) groups is 1. The Bertz CT molecular complexity index is 1460. The van der Waals surface area contributed by atoms with Gasteiger partial charge in [-0.2, -0.15) is 0 Å². The van der Waals surface area contributed by atoms with Crippen molar-refractivity contribution in [3.63, 3.8) is 0 Å². The third-order valence-corrected chi connectivity index (χ3v) is 7.05. The van der Waals surface area contributed by atoms with Crippen molar-refractivity contribution in [2.45, 2.75) is 60.2 Å². The molecule has 1 atom stereocenters. The predicted molar refractivity (Wildman–Crippen MR) is 151 cm³/mol. The van der Waals surface area contributed by atoms with Crippen molar-refractivity contribution >= 4 is 33.3 Å². The quantitative estimate of drug-likeness (QED) is 0.328. The molecule has 0 saturated heterocycles. The molecule has 3 aromatic carbocycles. The summed E-state index contributed by atoms with van der Waals surface area (Å²) in [5.41, 5.74) is 6.22. The smallest absolute Gasteiger partial charge is 0.337 e. The van der Waals surface area contributed by atoms with Crippen LogP contribution in [0.4, 0.5) is 5.69 Å². The molecule has 198 valence electrons. The van der Waals surface area contributed by atoms with Crippen LogP contribution in [-0.2, 0) is 19.6 Å². The molecule has 0 bridgehead atoms. The number of carboxylic acids is 1. The number of rotatable bonds is 7. The standard InChI is InChI=1S/C29H34ClNO5S/c1-16-9-10-21(15-17(16)2)24-18(3)23(20-11-13-22(30)14-12-20)25(19(4)26(24)31-37(8,34)35)27(28(32)33)36-29(5,6)7/h9-15,27,31H,1-8H3,(H,32,33). The maximum atomic E-state index is 12.6. The highest BCUT2D eigenvalue weighted by Gasteiger charge is 2.34. The van der Waals surface area contributed by atoms with Crippen LogP contribution >= 0.6 is 11.6 Å². The van der Waals surface area contributed by atoms with E-state index in [1.165, 1.54) is 0 Å². The lowest BCUT2D eigenvalue weighted by atomic mass is 9.82. The second kappa shape index (κ2) is 10.5. The van der Waals surface area contributed by atoms with Crippen LogP contribution in [0.5, 0.6) is 0 Å². The van der Waals surface area contributed by atoms with Crippen molar-refractivity contribution in [2.75, 3.05) is 11.0 Å². The first-order valence-electron chi connectivity index (χ1n) is 11.9. The number of benzene rings is 3. The number of aliphatic carboxylic acids is 1. The summed E-state index contributed by atoms with van der Waals surface area (Å²) in [6.07, 6.45) is -0.266. The first kappa shape index (κ1) is 28.7. The summed E-state index contributed by atoms with van der Waals surface area (Å²) < 4.78 is 33.8. The summed E-state index contributed by atoms with van der Waals surface area (Å²) in [4.78, 5) is 12.6. The lowest BCUT2D eigenvalue weighted by molar-refractivity contribution is -0.160. The van der Waals surface area contributed by atoms with Gasteiger partial charge in [-0.05, 0) is 99.5 Å². The second-order valence-corrected chi connectivity index (χ2v) is 12.6. The number of anilines is 1. The third kappa shape index (κ3) is 6.53. The Morgan fingerprint density at radius 3 is 1.97 bits per heavy atom. The van der Waals surface area contributed by atoms with E-state index in [0.29, 0.717) is 33.0 Å². The Kier molecular flexibility index (Phi) is 8.13. The zero-order chi connectivity index (χ0) is 27.9. The van der Waals surface area contributed by atoms with E-state index >= 15 is 0 Å². The first-order chi connectivity index (χ1) is 17.0. The molecule has 3 rings (SSSR count). The maximum absolute atomic E-state index is 12.6. The topological polar surface area (TPSA) is 92.7 Å². The van der Waals surface area contributed by atoms with Crippen LogP contribution in [0.25, 0.3) is 22.3 Å². The number of hydrogen-bond acceptors (Lipinski definition) is 4. The molecule has 8 heteroatoms. The SMILES string of the molecule is Cc1ccc(-c2c(C)c(-c3ccc(Cl)cc3)c(C(OC(C)(C)C)C(=O)O)c(C)c2NS(C)(=O)=O)cc1C. The second-order valence-electron chi connectivity index (χ2n) is 10.4. The number of carboxylic acid groups (broad SMARTS) is 1. The van der Waals surface area contributed by atoms with Crippen molar-refractivity contribution in [1.29, 1.82) is 0 Å². The average molecular weight is 544 g/mol. The molecular formula is C29H34ClNO5S. The summed E-state index contributed by atoms with van der Waals surface area (Å²) in [5.74, 6) is -1.17. The van der Waals surface area contributed by atoms with Crippen LogP contribution in [0.2, 0.25) is 5.02 Å². The van der Waals surface area contributed by atoms with E-state index in [1.807, 2.05) is 51.1 Å². The highest BCUT2D eigenvalue weighted by Crippen LogP contribution is 2.47. The van der Waals surface area contributed by atoms with Crippen molar-refractivity contribution < 1.29 is 23.1 Å². The van der Waals surface area contributed by atoms with E-state index in [9.17, 15) is 18.3 Å². The lowest BCUT2D eigenvalue weighted by Crippen LogP contribution is -2.29. The fourth-order valence-corrected chi connectivity index (χ4v) is 5.25. The van der Waals surface area contributed by atoms with Crippen molar-refractivity contribution in [1.82, 2.24) is 0 Å². The monoisotopic (exact) mass is 543 g/mol. The summed E-state index contributed by atoms with van der Waals surface area (Å²) in [6.45, 7) is 13.0. The molecule has 3 aromatic rings. The van der Waals surface area contributed by atoms with Gasteiger partial charge in [0.05, 0.1) is 17.5 Å². The number of hydrogen-bond donors (Lipinski definition) is 2. The van der Waals surface area contributed by atoms with Gasteiger partial charge >= 0.3 is 5.97 Å². The highest BCUT2D eigenvalue weighted by molar-refractivity contribution is 7.92. The summed E-state index contributed by atoms with van der Waals surface area (Å²) >= 11 is 6.17. The van der Waals surface area contributed by atoms with Gasteiger partial charge in [0.25, 0.3) is 0 Å². The Balaban J connectivity index is 2.56. The minimum atomic E-state index is -3.70. The number of aryl methyl sites for hydroxylation is 2. The van der Waals surface area contributed by atoms with E-state index in [-0.39, 0.29) is 0 Å². The van der Waals surface area contributed by atoms with Crippen LogP contribution in [0.1, 0.15) is 54.7 Å². The fraction of sp³-hybridized carbons (Fsp3) is 0.345. The molecule has 0 aliphatic carbocycles. The van der Waals surface area contributed by atoms with Crippen LogP contribution < -0.4 is 4.72 Å². The van der Waals surface area contributed by atoms with Crippen molar-refractivity contribution in [3.8, 4) is 22.3 Å². The van der Waals surface area contributed by atoms with Crippen molar-refractivity contribution in [3.05, 3.63) is 75.3 Å². The molecule has 0 heterocycles. The summed E-state index contributed by atoms with van der Waals surface area (Å²) in [7, 11) is -3.70. The molecule has 0 saturated carbocycles. The van der Waals surface area contributed by atoms with Gasteiger partial charge in [0, 0.05) is 16.1 Å². The van der Waals surface area contributed by atoms with Crippen LogP contribution in [0.3, 0.4) is 0 Å². The molecule has 0 aliphatic heterocycles. The zero-order valence-corrected chi connectivity index (χ0v) is 24.1. The number of nitrogens with one attached hydrogen (secondary N) is 1. The maximum Gasteiger partial charge on any atom is 0.337 e. The Morgan fingerprint density at radius 2 is 1.49 bits per heavy atom. The highest BCUT2D eigenvalue weighted by atomic mass is 35.5. The molecular weight excluding hydrogens is 510 g/mol. The molecule has 0 amide bonds. The summed E-state index contributed by atoms with van der Waals surface area (Å²) in [5, 5.41) is 10.9. The molecule has 37 heavy (non-hydrogen) atoms. The summed E-state index contributed by atoms with van der Waals surface area (Å²) in [6, 6.07) is 13.1. The van der Waals surface area contributed by atoms with Crippen molar-refractivity contribution in [2.24, 2.45) is 0 Å². The number of sulfonamides is 1. The third-order valence-electron chi connectivity index (χ3n) is 6.22. The molecule has 0 spiro atoms. The Labute approximate surface area is 224 Å². The first-order valence-corrected chi connectivity index (χ1v) is 14.2. The van der Waals surface area contributed by atoms with E-state index in [2.05, 4.69) is 4.72 Å². The van der Waals surface area contributed by atoms with Crippen LogP contribution in [0.15, 0.2) is 42.5 Å². The molecule has 2 N–H and O–H groups in total. The Hall–Kier alpha value is -2.87. The van der Waals surface area contributed by atoms with E-state index in [4.69, 9.17) is 16.3 Å². The van der Waals surface area contributed by atoms with Crippen LogP contribution in [-0.4, -0.2) is 31.4 Å². The molecule has 0 fully saturated rings. The van der Waals surface area contributed by atoms with Gasteiger partial charge in [-0.15, -0.1) is 0 Å². The molecule has 0 radical (unpaired) electrons. The number of halogens is 1. The molecule has 6 nitrogen and oxygen atoms in total. The minimum Gasteiger partial charge on any atom is -0.479 e. The van der Waals surface area contributed by atoms with Gasteiger partial charge in [0.15, 0.2) is 6.10 Å². The normalized spacial score (nSPS) is 12.9. The Morgan fingerprint density at radius 1 is 0.919 bits per heavy atom. The van der Waals surface area contributed by atoms with E-state index in [0.717, 1.165) is 34.1 Å². The molecule has 0 aliphatic rings. The van der Waals surface area contributed by atoms with Gasteiger partial charge in [-0.25, -0.2) is 13.2 Å². The van der Waals surface area contributed by atoms with Gasteiger partial charge < -0.3 is 9.84 Å². The van der Waals surface area contributed by atoms with E-state index < -0.39 is 27.7 Å². The molecule has 0 aromatic heterocycles. The van der Waals surface area contributed by atoms with Gasteiger partial charge in [0.2, 0.25) is 10.0 Å². The average Bonchev–Trinajstić information content (AvgIpc) is 2.76. The largest absolute Gasteiger partial charge is 0.479 e. The lowest BCUT2D eigenvalue weighted by Gasteiger charge is -2.31. The minimum absolute atomic E-state index is 0.333. The molecule has 1 unspecified atom stereocenters. The van der Waals surface area contributed by atoms with Gasteiger partial charge in [-0.3, -0.25) is 4.72 Å². The zero-order valence-electron chi connectivity index (χ0n) is 22.5. The van der Waals surface area contributed by atoms with Gasteiger partial charge in [-0.1, -0.05) is 41.9 Å².